The number of aromatic nitrogens is 2. The zero-order valence-electron chi connectivity index (χ0n) is 11.7. The molecule has 4 heteroatoms. The molecule has 1 aromatic heterocycles. The van der Waals surface area contributed by atoms with Gasteiger partial charge in [-0.1, -0.05) is 12.2 Å². The van der Waals surface area contributed by atoms with Gasteiger partial charge in [-0.25, -0.2) is 9.97 Å². The standard InChI is InChI=1S/C15H21N3O/c1-11-16-14(12-6-7-12)9-15(17-11)18-8-4-3-5-13(18)10-19-2/h3,5,9,12-13H,4,6-8,10H2,1-2H3. The average molecular weight is 259 g/mol. The van der Waals surface area contributed by atoms with Crippen LogP contribution < -0.4 is 4.90 Å². The second-order valence-corrected chi connectivity index (χ2v) is 5.41. The van der Waals surface area contributed by atoms with E-state index in [-0.39, 0.29) is 0 Å². The Morgan fingerprint density at radius 2 is 2.21 bits per heavy atom. The molecular formula is C15H21N3O. The van der Waals surface area contributed by atoms with E-state index in [1.165, 1.54) is 18.5 Å². The molecule has 1 fully saturated rings. The molecule has 0 aromatic carbocycles. The van der Waals surface area contributed by atoms with Gasteiger partial charge in [0.15, 0.2) is 0 Å². The van der Waals surface area contributed by atoms with Crippen LogP contribution in [0.5, 0.6) is 0 Å². The first-order valence-electron chi connectivity index (χ1n) is 7.06. The molecule has 1 unspecified atom stereocenters. The molecule has 0 spiro atoms. The van der Waals surface area contributed by atoms with E-state index in [9.17, 15) is 0 Å². The van der Waals surface area contributed by atoms with Crippen LogP contribution in [0.4, 0.5) is 5.82 Å². The maximum atomic E-state index is 5.32. The molecule has 0 radical (unpaired) electrons. The summed E-state index contributed by atoms with van der Waals surface area (Å²) in [5.74, 6) is 2.60. The van der Waals surface area contributed by atoms with E-state index in [0.29, 0.717) is 18.6 Å². The minimum absolute atomic E-state index is 0.292. The molecule has 1 aliphatic heterocycles. The number of rotatable bonds is 4. The van der Waals surface area contributed by atoms with Crippen LogP contribution in [0.3, 0.4) is 0 Å². The molecule has 0 N–H and O–H groups in total. The molecule has 4 nitrogen and oxygen atoms in total. The molecule has 1 aromatic rings. The molecule has 2 heterocycles. The topological polar surface area (TPSA) is 38.2 Å². The van der Waals surface area contributed by atoms with Crippen molar-refractivity contribution in [2.75, 3.05) is 25.2 Å². The van der Waals surface area contributed by atoms with E-state index in [1.807, 2.05) is 6.92 Å². The smallest absolute Gasteiger partial charge is 0.133 e. The fraction of sp³-hybridized carbons (Fsp3) is 0.600. The number of methoxy groups -OCH3 is 1. The van der Waals surface area contributed by atoms with Crippen molar-refractivity contribution in [1.82, 2.24) is 9.97 Å². The van der Waals surface area contributed by atoms with Crippen LogP contribution in [-0.2, 0) is 4.74 Å². The monoisotopic (exact) mass is 259 g/mol. The number of ether oxygens (including phenoxy) is 1. The first kappa shape index (κ1) is 12.6. The fourth-order valence-electron chi connectivity index (χ4n) is 2.65. The first-order chi connectivity index (χ1) is 9.28. The van der Waals surface area contributed by atoms with Crippen LogP contribution in [-0.4, -0.2) is 36.3 Å². The van der Waals surface area contributed by atoms with Gasteiger partial charge in [0, 0.05) is 31.3 Å². The lowest BCUT2D eigenvalue weighted by atomic mass is 10.1. The summed E-state index contributed by atoms with van der Waals surface area (Å²) >= 11 is 0. The second-order valence-electron chi connectivity index (χ2n) is 5.41. The van der Waals surface area contributed by atoms with Gasteiger partial charge < -0.3 is 9.64 Å². The highest BCUT2D eigenvalue weighted by atomic mass is 16.5. The van der Waals surface area contributed by atoms with Crippen LogP contribution in [0.2, 0.25) is 0 Å². The Morgan fingerprint density at radius 1 is 1.37 bits per heavy atom. The van der Waals surface area contributed by atoms with Crippen molar-refractivity contribution < 1.29 is 4.74 Å². The summed E-state index contributed by atoms with van der Waals surface area (Å²) in [6, 6.07) is 2.46. The van der Waals surface area contributed by atoms with Crippen LogP contribution in [0.25, 0.3) is 0 Å². The fourth-order valence-corrected chi connectivity index (χ4v) is 2.65. The van der Waals surface area contributed by atoms with Crippen molar-refractivity contribution in [3.63, 3.8) is 0 Å². The van der Waals surface area contributed by atoms with Crippen molar-refractivity contribution in [1.29, 1.82) is 0 Å². The van der Waals surface area contributed by atoms with Gasteiger partial charge in [0.1, 0.15) is 11.6 Å². The molecule has 2 aliphatic rings. The average Bonchev–Trinajstić information content (AvgIpc) is 3.23. The quantitative estimate of drug-likeness (QED) is 0.778. The molecule has 102 valence electrons. The lowest BCUT2D eigenvalue weighted by Crippen LogP contribution is -2.40. The highest BCUT2D eigenvalue weighted by Gasteiger charge is 2.27. The number of nitrogens with zero attached hydrogens (tertiary/aromatic N) is 3. The molecule has 3 rings (SSSR count). The first-order valence-corrected chi connectivity index (χ1v) is 7.06. The predicted molar refractivity (Wildman–Crippen MR) is 75.5 cm³/mol. The third kappa shape index (κ3) is 2.78. The molecule has 19 heavy (non-hydrogen) atoms. The van der Waals surface area contributed by atoms with Crippen molar-refractivity contribution in [2.24, 2.45) is 0 Å². The summed E-state index contributed by atoms with van der Waals surface area (Å²) in [5.41, 5.74) is 1.22. The summed E-state index contributed by atoms with van der Waals surface area (Å²) < 4.78 is 5.32. The Morgan fingerprint density at radius 3 is 2.95 bits per heavy atom. The van der Waals surface area contributed by atoms with E-state index < -0.39 is 0 Å². The minimum atomic E-state index is 0.292. The SMILES string of the molecule is COCC1C=CCCN1c1cc(C2CC2)nc(C)n1. The van der Waals surface area contributed by atoms with Gasteiger partial charge in [0.25, 0.3) is 0 Å². The van der Waals surface area contributed by atoms with Gasteiger partial charge in [0.05, 0.1) is 12.6 Å². The van der Waals surface area contributed by atoms with Crippen molar-refractivity contribution in [3.05, 3.63) is 29.7 Å². The van der Waals surface area contributed by atoms with Gasteiger partial charge >= 0.3 is 0 Å². The minimum Gasteiger partial charge on any atom is -0.382 e. The summed E-state index contributed by atoms with van der Waals surface area (Å²) in [6.07, 6.45) is 8.08. The van der Waals surface area contributed by atoms with Gasteiger partial charge in [-0.05, 0) is 26.2 Å². The van der Waals surface area contributed by atoms with Gasteiger partial charge in [-0.2, -0.15) is 0 Å². The van der Waals surface area contributed by atoms with Gasteiger partial charge in [-0.15, -0.1) is 0 Å². The zero-order chi connectivity index (χ0) is 13.2. The Hall–Kier alpha value is -1.42. The number of aryl methyl sites for hydroxylation is 1. The predicted octanol–water partition coefficient (Wildman–Crippen LogP) is 2.44. The Balaban J connectivity index is 1.89. The van der Waals surface area contributed by atoms with E-state index in [4.69, 9.17) is 4.74 Å². The second kappa shape index (κ2) is 5.29. The number of hydrogen-bond acceptors (Lipinski definition) is 4. The number of hydrogen-bond donors (Lipinski definition) is 0. The molecular weight excluding hydrogens is 238 g/mol. The molecule has 1 aliphatic carbocycles. The summed E-state index contributed by atoms with van der Waals surface area (Å²) in [7, 11) is 1.75. The summed E-state index contributed by atoms with van der Waals surface area (Å²) in [5, 5.41) is 0. The molecule has 1 saturated carbocycles. The van der Waals surface area contributed by atoms with E-state index in [2.05, 4.69) is 33.1 Å². The lowest BCUT2D eigenvalue weighted by Gasteiger charge is -2.33. The molecule has 0 saturated heterocycles. The largest absolute Gasteiger partial charge is 0.382 e. The lowest BCUT2D eigenvalue weighted by molar-refractivity contribution is 0.187. The maximum Gasteiger partial charge on any atom is 0.133 e. The third-order valence-corrected chi connectivity index (χ3v) is 3.77. The van der Waals surface area contributed by atoms with E-state index >= 15 is 0 Å². The number of anilines is 1. The Labute approximate surface area is 114 Å². The van der Waals surface area contributed by atoms with Crippen LogP contribution in [0.1, 0.15) is 36.7 Å². The van der Waals surface area contributed by atoms with Crippen molar-refractivity contribution in [2.45, 2.75) is 38.1 Å². The molecule has 0 bridgehead atoms. The van der Waals surface area contributed by atoms with Crippen LogP contribution >= 0.6 is 0 Å². The maximum absolute atomic E-state index is 5.32. The van der Waals surface area contributed by atoms with E-state index in [0.717, 1.165) is 24.6 Å². The van der Waals surface area contributed by atoms with Gasteiger partial charge in [0.2, 0.25) is 0 Å². The van der Waals surface area contributed by atoms with Crippen LogP contribution in [0.15, 0.2) is 18.2 Å². The highest BCUT2D eigenvalue weighted by Crippen LogP contribution is 2.40. The van der Waals surface area contributed by atoms with Crippen molar-refractivity contribution in [3.8, 4) is 0 Å². The summed E-state index contributed by atoms with van der Waals surface area (Å²) in [4.78, 5) is 11.5. The van der Waals surface area contributed by atoms with Crippen molar-refractivity contribution >= 4 is 5.82 Å². The molecule has 1 atom stereocenters. The van der Waals surface area contributed by atoms with E-state index in [1.54, 1.807) is 7.11 Å². The molecule has 0 amide bonds. The Kier molecular flexibility index (Phi) is 3.51. The highest BCUT2D eigenvalue weighted by molar-refractivity contribution is 5.45. The normalized spacial score (nSPS) is 22.8. The zero-order valence-corrected chi connectivity index (χ0v) is 11.7. The van der Waals surface area contributed by atoms with Crippen LogP contribution in [0, 0.1) is 6.92 Å². The van der Waals surface area contributed by atoms with Gasteiger partial charge in [-0.3, -0.25) is 0 Å². The Bertz CT molecular complexity index is 482. The third-order valence-electron chi connectivity index (χ3n) is 3.77. The summed E-state index contributed by atoms with van der Waals surface area (Å²) in [6.45, 7) is 3.70.